The van der Waals surface area contributed by atoms with E-state index in [0.717, 1.165) is 11.5 Å². The molecule has 0 radical (unpaired) electrons. The van der Waals surface area contributed by atoms with Crippen LogP contribution >= 0.6 is 11.8 Å². The summed E-state index contributed by atoms with van der Waals surface area (Å²) in [7, 11) is 0. The van der Waals surface area contributed by atoms with E-state index in [1.54, 1.807) is 6.92 Å². The number of nitrogens with zero attached hydrogens (tertiary/aromatic N) is 2. The molecule has 0 saturated carbocycles. The van der Waals surface area contributed by atoms with E-state index in [0.29, 0.717) is 17.7 Å². The normalized spacial score (nSPS) is 12.3. The van der Waals surface area contributed by atoms with E-state index < -0.39 is 17.6 Å². The summed E-state index contributed by atoms with van der Waals surface area (Å²) in [6.45, 7) is 0.725. The van der Waals surface area contributed by atoms with Crippen LogP contribution in [0.5, 0.6) is 0 Å². The molecule has 0 fully saturated rings. The Bertz CT molecular complexity index is 519. The molecule has 0 saturated heterocycles. The molecule has 0 aliphatic carbocycles. The highest BCUT2D eigenvalue weighted by atomic mass is 32.2. The van der Waals surface area contributed by atoms with E-state index in [1.165, 1.54) is 18.2 Å². The first-order valence-electron chi connectivity index (χ1n) is 6.14. The first-order chi connectivity index (χ1) is 10.3. The van der Waals surface area contributed by atoms with Crippen molar-refractivity contribution in [2.75, 3.05) is 18.8 Å². The largest absolute Gasteiger partial charge is 0.447 e. The van der Waals surface area contributed by atoms with Gasteiger partial charge in [0.1, 0.15) is 12.3 Å². The molecule has 7 nitrogen and oxygen atoms in total. The lowest BCUT2D eigenvalue weighted by Gasteiger charge is -2.12. The van der Waals surface area contributed by atoms with Crippen LogP contribution in [0.3, 0.4) is 0 Å². The summed E-state index contributed by atoms with van der Waals surface area (Å²) in [6.07, 6.45) is -2.64. The van der Waals surface area contributed by atoms with E-state index in [9.17, 15) is 23.3 Å². The van der Waals surface area contributed by atoms with Crippen LogP contribution in [0.4, 0.5) is 13.2 Å². The second kappa shape index (κ2) is 8.51. The van der Waals surface area contributed by atoms with Gasteiger partial charge in [-0.2, -0.15) is 24.9 Å². The van der Waals surface area contributed by atoms with Gasteiger partial charge in [-0.3, -0.25) is 10.1 Å². The van der Waals surface area contributed by atoms with Crippen LogP contribution in [0.2, 0.25) is 0 Å². The van der Waals surface area contributed by atoms with Crippen LogP contribution in [-0.2, 0) is 5.75 Å². The van der Waals surface area contributed by atoms with Crippen molar-refractivity contribution in [3.8, 4) is 0 Å². The smallest absolute Gasteiger partial charge is 0.405 e. The zero-order valence-electron chi connectivity index (χ0n) is 11.6. The van der Waals surface area contributed by atoms with Crippen molar-refractivity contribution in [2.24, 2.45) is 0 Å². The molecular weight excluding hydrogens is 325 g/mol. The summed E-state index contributed by atoms with van der Waals surface area (Å²) < 4.78 is 41.4. The van der Waals surface area contributed by atoms with Crippen LogP contribution in [0.1, 0.15) is 11.5 Å². The molecular formula is C11H15F3N4O3S. The lowest BCUT2D eigenvalue weighted by atomic mass is 10.4. The minimum atomic E-state index is -4.45. The minimum Gasteiger partial charge on any atom is -0.447 e. The predicted molar refractivity (Wildman–Crippen MR) is 74.5 cm³/mol. The first-order valence-corrected chi connectivity index (χ1v) is 7.30. The van der Waals surface area contributed by atoms with Crippen molar-refractivity contribution in [2.45, 2.75) is 18.9 Å². The predicted octanol–water partition coefficient (Wildman–Crippen LogP) is 2.03. The molecule has 0 bridgehead atoms. The number of nitrogens with one attached hydrogen (secondary N) is 2. The molecule has 0 amide bonds. The third-order valence-electron chi connectivity index (χ3n) is 2.35. The molecule has 0 aliphatic heterocycles. The monoisotopic (exact) mass is 340 g/mol. The maximum absolute atomic E-state index is 12.1. The Morgan fingerprint density at radius 3 is 2.82 bits per heavy atom. The van der Waals surface area contributed by atoms with Gasteiger partial charge >= 0.3 is 6.18 Å². The van der Waals surface area contributed by atoms with Crippen LogP contribution in [-0.4, -0.2) is 34.9 Å². The van der Waals surface area contributed by atoms with Crippen LogP contribution < -0.4 is 10.6 Å². The zero-order valence-corrected chi connectivity index (χ0v) is 12.5. The van der Waals surface area contributed by atoms with Gasteiger partial charge in [-0.25, -0.2) is 4.98 Å². The van der Waals surface area contributed by atoms with Crippen molar-refractivity contribution in [1.29, 1.82) is 0 Å². The van der Waals surface area contributed by atoms with E-state index in [2.05, 4.69) is 10.3 Å². The summed E-state index contributed by atoms with van der Waals surface area (Å²) in [5, 5.41) is 14.9. The lowest BCUT2D eigenvalue weighted by Crippen LogP contribution is -2.35. The average molecular weight is 340 g/mol. The van der Waals surface area contributed by atoms with Crippen molar-refractivity contribution in [1.82, 2.24) is 15.6 Å². The van der Waals surface area contributed by atoms with Crippen LogP contribution in [0.15, 0.2) is 22.8 Å². The maximum Gasteiger partial charge on any atom is 0.405 e. The molecule has 0 unspecified atom stereocenters. The quantitative estimate of drug-likeness (QED) is 0.404. The molecule has 0 spiro atoms. The number of hydrogen-bond acceptors (Lipinski definition) is 7. The Labute approximate surface area is 128 Å². The third-order valence-corrected chi connectivity index (χ3v) is 3.31. The van der Waals surface area contributed by atoms with E-state index in [1.807, 2.05) is 5.32 Å². The molecule has 11 heteroatoms. The van der Waals surface area contributed by atoms with E-state index in [-0.39, 0.29) is 12.4 Å². The second-order valence-electron chi connectivity index (χ2n) is 4.14. The minimum absolute atomic E-state index is 0.266. The number of hydrogen-bond donors (Lipinski definition) is 2. The van der Waals surface area contributed by atoms with Crippen molar-refractivity contribution < 1.29 is 22.5 Å². The highest BCUT2D eigenvalue weighted by Crippen LogP contribution is 2.15. The van der Waals surface area contributed by atoms with Crippen LogP contribution in [0, 0.1) is 17.0 Å². The molecule has 1 aromatic rings. The van der Waals surface area contributed by atoms with Gasteiger partial charge in [-0.15, -0.1) is 0 Å². The van der Waals surface area contributed by atoms with Gasteiger partial charge in [-0.1, -0.05) is 0 Å². The van der Waals surface area contributed by atoms with E-state index >= 15 is 0 Å². The van der Waals surface area contributed by atoms with Gasteiger partial charge in [0.15, 0.2) is 12.2 Å². The SMILES string of the molecule is Cc1ncoc1CSCCN/C(=C\[N+](=O)[O-])NCC(F)(F)F. The molecule has 0 atom stereocenters. The summed E-state index contributed by atoms with van der Waals surface area (Å²) in [4.78, 5) is 13.5. The highest BCUT2D eigenvalue weighted by molar-refractivity contribution is 7.98. The third kappa shape index (κ3) is 7.76. The van der Waals surface area contributed by atoms with Crippen molar-refractivity contribution in [3.63, 3.8) is 0 Å². The molecule has 0 aliphatic rings. The van der Waals surface area contributed by atoms with Crippen molar-refractivity contribution >= 4 is 11.8 Å². The fourth-order valence-electron chi connectivity index (χ4n) is 1.34. The van der Waals surface area contributed by atoms with Crippen molar-refractivity contribution in [3.05, 3.63) is 40.0 Å². The summed E-state index contributed by atoms with van der Waals surface area (Å²) in [5.74, 6) is 1.54. The Balaban J connectivity index is 2.31. The number of nitro groups is 1. The van der Waals surface area contributed by atoms with Crippen LogP contribution in [0.25, 0.3) is 0 Å². The Kier molecular flexibility index (Phi) is 7.02. The van der Waals surface area contributed by atoms with Gasteiger partial charge in [0.25, 0.3) is 6.20 Å². The summed E-state index contributed by atoms with van der Waals surface area (Å²) in [6, 6.07) is 0. The summed E-state index contributed by atoms with van der Waals surface area (Å²) >= 11 is 1.47. The fraction of sp³-hybridized carbons (Fsp3) is 0.545. The molecule has 124 valence electrons. The fourth-order valence-corrected chi connectivity index (χ4v) is 2.20. The second-order valence-corrected chi connectivity index (χ2v) is 5.24. The number of halogens is 3. The number of alkyl halides is 3. The molecule has 2 N–H and O–H groups in total. The molecule has 0 aromatic carbocycles. The van der Waals surface area contributed by atoms with E-state index in [4.69, 9.17) is 4.42 Å². The van der Waals surface area contributed by atoms with Gasteiger partial charge in [0.05, 0.1) is 16.4 Å². The number of rotatable bonds is 9. The summed E-state index contributed by atoms with van der Waals surface area (Å²) in [5.41, 5.74) is 0.779. The molecule has 22 heavy (non-hydrogen) atoms. The first kappa shape index (κ1) is 18.1. The number of aromatic nitrogens is 1. The Hall–Kier alpha value is -1.91. The van der Waals surface area contributed by atoms with Gasteiger partial charge in [0, 0.05) is 12.3 Å². The van der Waals surface area contributed by atoms with Gasteiger partial charge in [-0.05, 0) is 6.92 Å². The molecule has 1 aromatic heterocycles. The standard InChI is InChI=1S/C11H15F3N4O3S/c1-8-9(21-7-17-8)5-22-3-2-15-10(4-18(19)20)16-6-11(12,13)14/h4,7,15-16H,2-3,5-6H2,1H3/b10-4+. The number of oxazole rings is 1. The zero-order chi connectivity index (χ0) is 16.6. The Morgan fingerprint density at radius 1 is 1.55 bits per heavy atom. The Morgan fingerprint density at radius 2 is 2.27 bits per heavy atom. The number of thioether (sulfide) groups is 1. The average Bonchev–Trinajstić information content (AvgIpc) is 2.79. The van der Waals surface area contributed by atoms with Gasteiger partial charge in [0.2, 0.25) is 0 Å². The lowest BCUT2D eigenvalue weighted by molar-refractivity contribution is -0.404. The highest BCUT2D eigenvalue weighted by Gasteiger charge is 2.27. The van der Waals surface area contributed by atoms with Gasteiger partial charge < -0.3 is 15.1 Å². The number of aryl methyl sites for hydroxylation is 1. The maximum atomic E-state index is 12.1. The molecule has 1 heterocycles. The topological polar surface area (TPSA) is 93.2 Å². The molecule has 1 rings (SSSR count).